The molecule has 0 radical (unpaired) electrons. The van der Waals surface area contributed by atoms with Crippen molar-refractivity contribution in [1.29, 1.82) is 0 Å². The first-order valence-electron chi connectivity index (χ1n) is 9.61. The summed E-state index contributed by atoms with van der Waals surface area (Å²) in [7, 11) is 0. The van der Waals surface area contributed by atoms with Crippen LogP contribution < -0.4 is 26.6 Å². The van der Waals surface area contributed by atoms with Gasteiger partial charge in [0.2, 0.25) is 5.91 Å². The van der Waals surface area contributed by atoms with Crippen molar-refractivity contribution in [1.82, 2.24) is 16.1 Å². The van der Waals surface area contributed by atoms with E-state index in [1.807, 2.05) is 0 Å². The molecule has 0 aliphatic carbocycles. The average molecular weight is 457 g/mol. The predicted molar refractivity (Wildman–Crippen MR) is 117 cm³/mol. The number of carboxylic acids is 2. The lowest BCUT2D eigenvalue weighted by atomic mass is 9.98. The Morgan fingerprint density at radius 2 is 1.82 bits per heavy atom. The Labute approximate surface area is 188 Å². The Balaban J connectivity index is 1.96. The molecule has 2 amide bonds. The molecule has 0 saturated heterocycles. The zero-order valence-corrected chi connectivity index (χ0v) is 17.4. The van der Waals surface area contributed by atoms with Gasteiger partial charge >= 0.3 is 11.9 Å². The van der Waals surface area contributed by atoms with Gasteiger partial charge in [-0.05, 0) is 24.3 Å². The number of para-hydroxylation sites is 1. The van der Waals surface area contributed by atoms with Crippen LogP contribution >= 0.6 is 0 Å². The molecule has 0 aliphatic rings. The number of hydrogen-bond acceptors (Lipinski definition) is 7. The lowest BCUT2D eigenvalue weighted by Crippen LogP contribution is -2.39. The molecule has 0 aliphatic heterocycles. The topological polar surface area (TPSA) is 192 Å². The van der Waals surface area contributed by atoms with Gasteiger partial charge in [-0.3, -0.25) is 14.4 Å². The molecule has 7 N–H and O–H groups in total. The molecule has 0 bridgehead atoms. The Morgan fingerprint density at radius 3 is 2.52 bits per heavy atom. The standard InChI is InChI=1S/C21H23N5O7/c22-26-12-25-14-5-3-4-13(8-14)20(30)24-10-18(27)23-9-16(21(31)32)15-6-1-2-7-17(15)33-11-19(28)29/h1-8,12,16H,9-11,22H2,(H,23,27)(H,24,30)(H,25,26)(H,28,29)(H,31,32). The van der Waals surface area contributed by atoms with E-state index in [4.69, 9.17) is 15.7 Å². The molecule has 2 aromatic rings. The second kappa shape index (κ2) is 12.4. The minimum absolute atomic E-state index is 0.0854. The van der Waals surface area contributed by atoms with E-state index in [2.05, 4.69) is 21.1 Å². The molecule has 2 rings (SSSR count). The van der Waals surface area contributed by atoms with Crippen LogP contribution in [0, 0.1) is 0 Å². The summed E-state index contributed by atoms with van der Waals surface area (Å²) < 4.78 is 5.15. The van der Waals surface area contributed by atoms with Crippen molar-refractivity contribution in [2.24, 2.45) is 10.8 Å². The van der Waals surface area contributed by atoms with E-state index in [-0.39, 0.29) is 30.0 Å². The number of hydrazine groups is 1. The predicted octanol–water partition coefficient (Wildman–Crippen LogP) is -0.0125. The summed E-state index contributed by atoms with van der Waals surface area (Å²) >= 11 is 0. The fraction of sp³-hybridized carbons (Fsp3) is 0.190. The van der Waals surface area contributed by atoms with E-state index in [1.54, 1.807) is 24.3 Å². The third kappa shape index (κ3) is 7.95. The third-order valence-electron chi connectivity index (χ3n) is 4.25. The molecule has 1 unspecified atom stereocenters. The van der Waals surface area contributed by atoms with Gasteiger partial charge in [0.05, 0.1) is 12.2 Å². The normalized spacial score (nSPS) is 11.4. The number of carbonyl (C=O) groups excluding carboxylic acids is 2. The molecular weight excluding hydrogens is 434 g/mol. The highest BCUT2D eigenvalue weighted by Gasteiger charge is 2.24. The molecule has 0 fully saturated rings. The van der Waals surface area contributed by atoms with Gasteiger partial charge in [0.1, 0.15) is 18.0 Å². The zero-order chi connectivity index (χ0) is 24.2. The SMILES string of the molecule is NNC=Nc1cccc(C(=O)NCC(=O)NCC(C(=O)O)c2ccccc2OCC(=O)O)c1. The number of nitrogens with two attached hydrogens (primary N) is 1. The van der Waals surface area contributed by atoms with Crippen molar-refractivity contribution in [3.8, 4) is 5.75 Å². The third-order valence-corrected chi connectivity index (χ3v) is 4.25. The number of nitrogens with zero attached hydrogens (tertiary/aromatic N) is 1. The summed E-state index contributed by atoms with van der Waals surface area (Å²) in [5.74, 6) is 0.408. The molecule has 0 saturated carbocycles. The van der Waals surface area contributed by atoms with Gasteiger partial charge < -0.3 is 31.0 Å². The van der Waals surface area contributed by atoms with Crippen LogP contribution in [0.4, 0.5) is 5.69 Å². The first-order chi connectivity index (χ1) is 15.8. The number of carbonyl (C=O) groups is 4. The summed E-state index contributed by atoms with van der Waals surface area (Å²) in [6, 6.07) is 12.4. The number of carboxylic acid groups (broad SMARTS) is 2. The Hall–Kier alpha value is -4.45. The van der Waals surface area contributed by atoms with Gasteiger partial charge in [-0.1, -0.05) is 24.3 Å². The lowest BCUT2D eigenvalue weighted by molar-refractivity contribution is -0.139. The number of nitrogens with one attached hydrogen (secondary N) is 3. The highest BCUT2D eigenvalue weighted by molar-refractivity contribution is 5.97. The monoisotopic (exact) mass is 457 g/mol. The van der Waals surface area contributed by atoms with Crippen LogP contribution in [0.15, 0.2) is 53.5 Å². The van der Waals surface area contributed by atoms with Gasteiger partial charge in [-0.25, -0.2) is 15.6 Å². The lowest BCUT2D eigenvalue weighted by Gasteiger charge is -2.17. The Bertz CT molecular complexity index is 1040. The van der Waals surface area contributed by atoms with Gasteiger partial charge in [-0.2, -0.15) is 0 Å². The highest BCUT2D eigenvalue weighted by atomic mass is 16.5. The van der Waals surface area contributed by atoms with E-state index in [1.165, 1.54) is 30.6 Å². The van der Waals surface area contributed by atoms with Gasteiger partial charge in [0.25, 0.3) is 5.91 Å². The number of rotatable bonds is 12. The molecule has 12 heteroatoms. The van der Waals surface area contributed by atoms with E-state index >= 15 is 0 Å². The van der Waals surface area contributed by atoms with Crippen LogP contribution in [0.3, 0.4) is 0 Å². The highest BCUT2D eigenvalue weighted by Crippen LogP contribution is 2.26. The molecule has 0 spiro atoms. The van der Waals surface area contributed by atoms with Crippen molar-refractivity contribution < 1.29 is 34.1 Å². The van der Waals surface area contributed by atoms with Crippen LogP contribution in [0.1, 0.15) is 21.8 Å². The first-order valence-corrected chi connectivity index (χ1v) is 9.61. The summed E-state index contributed by atoms with van der Waals surface area (Å²) in [6.07, 6.45) is 1.24. The second-order valence-electron chi connectivity index (χ2n) is 6.57. The van der Waals surface area contributed by atoms with E-state index in [0.29, 0.717) is 5.69 Å². The molecule has 174 valence electrons. The van der Waals surface area contributed by atoms with Crippen LogP contribution in [-0.2, 0) is 14.4 Å². The maximum absolute atomic E-state index is 12.3. The molecule has 2 aromatic carbocycles. The smallest absolute Gasteiger partial charge is 0.341 e. The van der Waals surface area contributed by atoms with Crippen LogP contribution in [0.5, 0.6) is 5.75 Å². The van der Waals surface area contributed by atoms with Crippen LogP contribution in [-0.4, -0.2) is 60.0 Å². The fourth-order valence-corrected chi connectivity index (χ4v) is 2.75. The molecular formula is C21H23N5O7. The minimum Gasteiger partial charge on any atom is -0.482 e. The summed E-state index contributed by atoms with van der Waals surface area (Å²) in [5, 5.41) is 23.2. The summed E-state index contributed by atoms with van der Waals surface area (Å²) in [6.45, 7) is -1.33. The van der Waals surface area contributed by atoms with Crippen molar-refractivity contribution >= 4 is 35.8 Å². The van der Waals surface area contributed by atoms with Crippen molar-refractivity contribution in [3.05, 3.63) is 59.7 Å². The van der Waals surface area contributed by atoms with Crippen LogP contribution in [0.2, 0.25) is 0 Å². The van der Waals surface area contributed by atoms with E-state index in [9.17, 15) is 24.3 Å². The number of aliphatic imine (C=N–C) groups is 1. The summed E-state index contributed by atoms with van der Waals surface area (Å²) in [5.41, 5.74) is 3.19. The number of benzene rings is 2. The van der Waals surface area contributed by atoms with Gasteiger partial charge in [0.15, 0.2) is 6.61 Å². The Morgan fingerprint density at radius 1 is 1.06 bits per heavy atom. The van der Waals surface area contributed by atoms with Gasteiger partial charge in [0, 0.05) is 17.7 Å². The van der Waals surface area contributed by atoms with Crippen molar-refractivity contribution in [2.75, 3.05) is 19.7 Å². The van der Waals surface area contributed by atoms with Crippen molar-refractivity contribution in [2.45, 2.75) is 5.92 Å². The largest absolute Gasteiger partial charge is 0.482 e. The van der Waals surface area contributed by atoms with Gasteiger partial charge in [-0.15, -0.1) is 0 Å². The number of aliphatic carboxylic acids is 2. The van der Waals surface area contributed by atoms with Crippen LogP contribution in [0.25, 0.3) is 0 Å². The number of ether oxygens (including phenoxy) is 1. The fourth-order valence-electron chi connectivity index (χ4n) is 2.75. The number of amides is 2. The Kier molecular flexibility index (Phi) is 9.34. The van der Waals surface area contributed by atoms with E-state index < -0.39 is 36.3 Å². The second-order valence-corrected chi connectivity index (χ2v) is 6.57. The quantitative estimate of drug-likeness (QED) is 0.110. The number of hydrogen-bond donors (Lipinski definition) is 6. The maximum atomic E-state index is 12.3. The summed E-state index contributed by atoms with van der Waals surface area (Å²) in [4.78, 5) is 50.9. The minimum atomic E-state index is -1.24. The molecule has 12 nitrogen and oxygen atoms in total. The molecule has 1 atom stereocenters. The van der Waals surface area contributed by atoms with E-state index in [0.717, 1.165) is 0 Å². The van der Waals surface area contributed by atoms with Crippen molar-refractivity contribution in [3.63, 3.8) is 0 Å². The average Bonchev–Trinajstić information content (AvgIpc) is 2.80. The molecule has 33 heavy (non-hydrogen) atoms. The molecule has 0 aromatic heterocycles. The molecule has 0 heterocycles. The first kappa shape index (κ1) is 24.8. The zero-order valence-electron chi connectivity index (χ0n) is 17.4. The maximum Gasteiger partial charge on any atom is 0.341 e.